The largest absolute Gasteiger partial charge is 0.362 e. The molecule has 8 nitrogen and oxygen atoms in total. The highest BCUT2D eigenvalue weighted by Crippen LogP contribution is 2.30. The molecule has 30 heavy (non-hydrogen) atoms. The van der Waals surface area contributed by atoms with Crippen molar-refractivity contribution in [3.05, 3.63) is 68.7 Å². The molecule has 0 aliphatic carbocycles. The van der Waals surface area contributed by atoms with Gasteiger partial charge in [0.15, 0.2) is 0 Å². The third-order valence-corrected chi connectivity index (χ3v) is 5.43. The number of nitro groups is 1. The normalized spacial score (nSPS) is 14.9. The van der Waals surface area contributed by atoms with Crippen molar-refractivity contribution in [1.29, 1.82) is 0 Å². The molecule has 1 heterocycles. The Hall–Kier alpha value is -3.13. The van der Waals surface area contributed by atoms with Crippen molar-refractivity contribution in [2.45, 2.75) is 19.9 Å². The Kier molecular flexibility index (Phi) is 6.56. The van der Waals surface area contributed by atoms with Crippen LogP contribution in [0.4, 0.5) is 11.4 Å². The van der Waals surface area contributed by atoms with Gasteiger partial charge < -0.3 is 15.1 Å². The first kappa shape index (κ1) is 21.6. The third kappa shape index (κ3) is 4.88. The van der Waals surface area contributed by atoms with Crippen LogP contribution in [0.25, 0.3) is 0 Å². The van der Waals surface area contributed by atoms with Gasteiger partial charge in [-0.3, -0.25) is 19.7 Å². The molecule has 0 saturated carbocycles. The summed E-state index contributed by atoms with van der Waals surface area (Å²) < 4.78 is 0. The van der Waals surface area contributed by atoms with Crippen molar-refractivity contribution >= 4 is 34.8 Å². The topological polar surface area (TPSA) is 95.8 Å². The van der Waals surface area contributed by atoms with Crippen molar-refractivity contribution in [2.24, 2.45) is 0 Å². The first-order chi connectivity index (χ1) is 14.3. The van der Waals surface area contributed by atoms with Crippen LogP contribution >= 0.6 is 11.6 Å². The van der Waals surface area contributed by atoms with Crippen LogP contribution in [0, 0.1) is 10.1 Å². The average molecular weight is 431 g/mol. The van der Waals surface area contributed by atoms with Gasteiger partial charge in [0.05, 0.1) is 11.0 Å². The van der Waals surface area contributed by atoms with Gasteiger partial charge in [-0.05, 0) is 36.8 Å². The Labute approximate surface area is 179 Å². The molecule has 1 N–H and O–H groups in total. The van der Waals surface area contributed by atoms with E-state index in [1.807, 2.05) is 17.9 Å². The van der Waals surface area contributed by atoms with Gasteiger partial charge in [0.25, 0.3) is 11.6 Å². The van der Waals surface area contributed by atoms with E-state index in [2.05, 4.69) is 5.32 Å². The quantitative estimate of drug-likeness (QED) is 0.579. The second-order valence-electron chi connectivity index (χ2n) is 7.20. The van der Waals surface area contributed by atoms with Gasteiger partial charge in [-0.2, -0.15) is 0 Å². The molecule has 0 bridgehead atoms. The van der Waals surface area contributed by atoms with Gasteiger partial charge in [0.1, 0.15) is 5.69 Å². The number of anilines is 1. The Balaban J connectivity index is 1.77. The molecule has 9 heteroatoms. The number of benzene rings is 2. The molecule has 0 unspecified atom stereocenters. The van der Waals surface area contributed by atoms with E-state index in [0.29, 0.717) is 36.9 Å². The second-order valence-corrected chi connectivity index (χ2v) is 7.64. The lowest BCUT2D eigenvalue weighted by molar-refractivity contribution is -0.384. The van der Waals surface area contributed by atoms with E-state index < -0.39 is 10.8 Å². The molecule has 1 saturated heterocycles. The van der Waals surface area contributed by atoms with Gasteiger partial charge in [-0.25, -0.2) is 0 Å². The lowest BCUT2D eigenvalue weighted by Crippen LogP contribution is -2.48. The summed E-state index contributed by atoms with van der Waals surface area (Å²) in [5.74, 6) is -0.413. The molecule has 0 spiro atoms. The summed E-state index contributed by atoms with van der Waals surface area (Å²) in [6.07, 6.45) is 0. The maximum Gasteiger partial charge on any atom is 0.293 e. The molecule has 2 amide bonds. The Morgan fingerprint density at radius 3 is 2.43 bits per heavy atom. The molecule has 0 radical (unpaired) electrons. The molecule has 2 aromatic carbocycles. The first-order valence-corrected chi connectivity index (χ1v) is 9.99. The fourth-order valence-electron chi connectivity index (χ4n) is 3.48. The van der Waals surface area contributed by atoms with Gasteiger partial charge in [-0.15, -0.1) is 0 Å². The minimum Gasteiger partial charge on any atom is -0.362 e. The highest BCUT2D eigenvalue weighted by Gasteiger charge is 2.26. The van der Waals surface area contributed by atoms with E-state index in [4.69, 9.17) is 11.6 Å². The number of hydrogen-bond donors (Lipinski definition) is 1. The highest BCUT2D eigenvalue weighted by atomic mass is 35.5. The number of amides is 2. The van der Waals surface area contributed by atoms with E-state index in [1.165, 1.54) is 13.0 Å². The molecule has 1 aliphatic heterocycles. The molecular weight excluding hydrogens is 408 g/mol. The monoisotopic (exact) mass is 430 g/mol. The SMILES string of the molecule is CC(=O)N1CCN(c2ccc(C(=O)N[C@@H](C)c3cccc(Cl)c3)cc2[N+](=O)[O-])CC1. The fraction of sp³-hybridized carbons (Fsp3) is 0.333. The molecule has 3 rings (SSSR count). The molecule has 1 atom stereocenters. The third-order valence-electron chi connectivity index (χ3n) is 5.20. The van der Waals surface area contributed by atoms with Gasteiger partial charge in [0, 0.05) is 49.8 Å². The number of nitro benzene ring substituents is 1. The van der Waals surface area contributed by atoms with Crippen LogP contribution in [0.2, 0.25) is 5.02 Å². The van der Waals surface area contributed by atoms with E-state index in [1.54, 1.807) is 35.2 Å². The number of hydrogen-bond acceptors (Lipinski definition) is 5. The molecule has 1 aliphatic rings. The van der Waals surface area contributed by atoms with Crippen LogP contribution in [0.1, 0.15) is 35.8 Å². The summed E-state index contributed by atoms with van der Waals surface area (Å²) in [5.41, 5.74) is 1.36. The second kappa shape index (κ2) is 9.13. The minimum absolute atomic E-state index is 0.00927. The molecule has 158 valence electrons. The van der Waals surface area contributed by atoms with Gasteiger partial charge in [-0.1, -0.05) is 23.7 Å². The van der Waals surface area contributed by atoms with Crippen LogP contribution in [-0.2, 0) is 4.79 Å². The number of nitrogens with zero attached hydrogens (tertiary/aromatic N) is 3. The van der Waals surface area contributed by atoms with E-state index in [0.717, 1.165) is 5.56 Å². The van der Waals surface area contributed by atoms with Crippen molar-refractivity contribution in [3.8, 4) is 0 Å². The highest BCUT2D eigenvalue weighted by molar-refractivity contribution is 6.30. The number of rotatable bonds is 5. The number of carbonyl (C=O) groups excluding carboxylic acids is 2. The minimum atomic E-state index is -0.482. The van der Waals surface area contributed by atoms with Crippen molar-refractivity contribution in [3.63, 3.8) is 0 Å². The zero-order valence-corrected chi connectivity index (χ0v) is 17.6. The van der Waals surface area contributed by atoms with Crippen LogP contribution in [-0.4, -0.2) is 47.8 Å². The summed E-state index contributed by atoms with van der Waals surface area (Å²) >= 11 is 6.00. The number of carbonyl (C=O) groups is 2. The number of piperazine rings is 1. The maximum absolute atomic E-state index is 12.7. The van der Waals surface area contributed by atoms with E-state index >= 15 is 0 Å². The van der Waals surface area contributed by atoms with Crippen LogP contribution in [0.5, 0.6) is 0 Å². The summed E-state index contributed by atoms with van der Waals surface area (Å²) in [6, 6.07) is 11.3. The lowest BCUT2D eigenvalue weighted by Gasteiger charge is -2.35. The zero-order chi connectivity index (χ0) is 21.8. The Morgan fingerprint density at radius 1 is 1.13 bits per heavy atom. The van der Waals surface area contributed by atoms with Crippen molar-refractivity contribution in [1.82, 2.24) is 10.2 Å². The Bertz CT molecular complexity index is 973. The standard InChI is InChI=1S/C21H23ClN4O4/c1-14(16-4-3-5-18(22)12-16)23-21(28)17-6-7-19(20(13-17)26(29)30)25-10-8-24(9-11-25)15(2)27/h3-7,12-14H,8-11H2,1-2H3,(H,23,28)/t14-/m0/s1. The summed E-state index contributed by atoms with van der Waals surface area (Å²) in [4.78, 5) is 38.9. The first-order valence-electron chi connectivity index (χ1n) is 9.61. The molecule has 0 aromatic heterocycles. The van der Waals surface area contributed by atoms with Crippen LogP contribution in [0.3, 0.4) is 0 Å². The lowest BCUT2D eigenvalue weighted by atomic mass is 10.1. The van der Waals surface area contributed by atoms with E-state index in [9.17, 15) is 19.7 Å². The number of halogens is 1. The fourth-order valence-corrected chi connectivity index (χ4v) is 3.68. The van der Waals surface area contributed by atoms with Crippen LogP contribution < -0.4 is 10.2 Å². The maximum atomic E-state index is 12.7. The average Bonchev–Trinajstić information content (AvgIpc) is 2.73. The molecule has 2 aromatic rings. The zero-order valence-electron chi connectivity index (χ0n) is 16.8. The van der Waals surface area contributed by atoms with Crippen LogP contribution in [0.15, 0.2) is 42.5 Å². The van der Waals surface area contributed by atoms with E-state index in [-0.39, 0.29) is 23.2 Å². The van der Waals surface area contributed by atoms with Gasteiger partial charge in [0.2, 0.25) is 5.91 Å². The molecule has 1 fully saturated rings. The summed E-state index contributed by atoms with van der Waals surface area (Å²) in [7, 11) is 0. The van der Waals surface area contributed by atoms with Gasteiger partial charge >= 0.3 is 0 Å². The summed E-state index contributed by atoms with van der Waals surface area (Å²) in [6.45, 7) is 5.34. The number of nitrogens with one attached hydrogen (secondary N) is 1. The predicted octanol–water partition coefficient (Wildman–Crippen LogP) is 3.41. The molecular formula is C21H23ClN4O4. The van der Waals surface area contributed by atoms with Crippen molar-refractivity contribution < 1.29 is 14.5 Å². The van der Waals surface area contributed by atoms with Crippen molar-refractivity contribution in [2.75, 3.05) is 31.1 Å². The smallest absolute Gasteiger partial charge is 0.293 e. The predicted molar refractivity (Wildman–Crippen MR) is 115 cm³/mol. The Morgan fingerprint density at radius 2 is 1.83 bits per heavy atom. The summed E-state index contributed by atoms with van der Waals surface area (Å²) in [5, 5.41) is 15.1.